The fraction of sp³-hybridized carbons (Fsp3) is 0.625. The van der Waals surface area contributed by atoms with Gasteiger partial charge in [-0.1, -0.05) is 13.0 Å². The number of aliphatic carboxylic acids is 1. The maximum Gasteiger partial charge on any atom is 0.328 e. The molecule has 0 aliphatic rings. The van der Waals surface area contributed by atoms with Crippen molar-refractivity contribution in [3.05, 3.63) is 12.2 Å². The van der Waals surface area contributed by atoms with E-state index in [0.29, 0.717) is 6.54 Å². The van der Waals surface area contributed by atoms with Gasteiger partial charge in [-0.3, -0.25) is 0 Å². The van der Waals surface area contributed by atoms with E-state index >= 15 is 0 Å². The van der Waals surface area contributed by atoms with Crippen LogP contribution >= 0.6 is 12.4 Å². The molecule has 0 rings (SSSR count). The topological polar surface area (TPSA) is 40.5 Å². The first-order valence-corrected chi connectivity index (χ1v) is 3.74. The summed E-state index contributed by atoms with van der Waals surface area (Å²) in [6, 6.07) is 0. The number of likely N-dealkylation sites (N-methyl/N-ethyl adjacent to an activating group) is 1. The molecule has 0 radical (unpaired) electrons. The molecule has 72 valence electrons. The van der Waals surface area contributed by atoms with Crippen molar-refractivity contribution in [3.63, 3.8) is 0 Å². The van der Waals surface area contributed by atoms with Crippen LogP contribution in [0, 0.1) is 0 Å². The second-order valence-corrected chi connectivity index (χ2v) is 2.50. The number of carboxylic acids is 1. The monoisotopic (exact) mass is 193 g/mol. The molecule has 0 spiro atoms. The molecule has 0 aliphatic carbocycles. The number of hydrogen-bond acceptors (Lipinski definition) is 2. The minimum Gasteiger partial charge on any atom is -0.478 e. The third kappa shape index (κ3) is 9.46. The molecule has 0 aliphatic heterocycles. The van der Waals surface area contributed by atoms with Crippen molar-refractivity contribution in [1.82, 2.24) is 4.90 Å². The lowest BCUT2D eigenvalue weighted by atomic mass is 10.4. The Morgan fingerprint density at radius 2 is 2.17 bits per heavy atom. The lowest BCUT2D eigenvalue weighted by Gasteiger charge is -2.11. The van der Waals surface area contributed by atoms with Crippen molar-refractivity contribution in [2.45, 2.75) is 13.3 Å². The SMILES string of the molecule is CCCN(C)CC=CC(=O)O.Cl. The largest absolute Gasteiger partial charge is 0.478 e. The highest BCUT2D eigenvalue weighted by atomic mass is 35.5. The van der Waals surface area contributed by atoms with E-state index in [2.05, 4.69) is 11.8 Å². The van der Waals surface area contributed by atoms with Gasteiger partial charge in [-0.15, -0.1) is 12.4 Å². The summed E-state index contributed by atoms with van der Waals surface area (Å²) >= 11 is 0. The highest BCUT2D eigenvalue weighted by molar-refractivity contribution is 5.85. The van der Waals surface area contributed by atoms with Gasteiger partial charge in [0.2, 0.25) is 0 Å². The summed E-state index contributed by atoms with van der Waals surface area (Å²) in [6.07, 6.45) is 3.92. The van der Waals surface area contributed by atoms with Gasteiger partial charge in [-0.25, -0.2) is 4.79 Å². The van der Waals surface area contributed by atoms with E-state index in [1.54, 1.807) is 6.08 Å². The van der Waals surface area contributed by atoms with Gasteiger partial charge in [-0.2, -0.15) is 0 Å². The van der Waals surface area contributed by atoms with Crippen LogP contribution in [-0.4, -0.2) is 36.1 Å². The van der Waals surface area contributed by atoms with Crippen molar-refractivity contribution in [3.8, 4) is 0 Å². The van der Waals surface area contributed by atoms with Crippen LogP contribution < -0.4 is 0 Å². The summed E-state index contributed by atoms with van der Waals surface area (Å²) in [6.45, 7) is 3.81. The fourth-order valence-electron chi connectivity index (χ4n) is 0.806. The highest BCUT2D eigenvalue weighted by Gasteiger charge is 1.91. The molecule has 0 aromatic heterocycles. The van der Waals surface area contributed by atoms with Gasteiger partial charge < -0.3 is 10.0 Å². The molecule has 4 heteroatoms. The van der Waals surface area contributed by atoms with E-state index in [4.69, 9.17) is 5.11 Å². The molecule has 0 unspecified atom stereocenters. The summed E-state index contributed by atoms with van der Waals surface area (Å²) in [5, 5.41) is 8.25. The van der Waals surface area contributed by atoms with Gasteiger partial charge in [0.05, 0.1) is 0 Å². The number of rotatable bonds is 5. The van der Waals surface area contributed by atoms with Gasteiger partial charge >= 0.3 is 5.97 Å². The fourth-order valence-corrected chi connectivity index (χ4v) is 0.806. The zero-order chi connectivity index (χ0) is 8.69. The van der Waals surface area contributed by atoms with Crippen molar-refractivity contribution in [1.29, 1.82) is 0 Å². The molecule has 0 fully saturated rings. The van der Waals surface area contributed by atoms with Crippen LogP contribution in [0.3, 0.4) is 0 Å². The summed E-state index contributed by atoms with van der Waals surface area (Å²) in [5.41, 5.74) is 0. The predicted molar refractivity (Wildman–Crippen MR) is 51.8 cm³/mol. The number of halogens is 1. The number of carboxylic acid groups (broad SMARTS) is 1. The Bertz CT molecular complexity index is 148. The van der Waals surface area contributed by atoms with E-state index in [9.17, 15) is 4.79 Å². The zero-order valence-electron chi connectivity index (χ0n) is 7.49. The molecule has 0 amide bonds. The third-order valence-electron chi connectivity index (χ3n) is 1.28. The average molecular weight is 194 g/mol. The number of nitrogens with zero attached hydrogens (tertiary/aromatic N) is 1. The Balaban J connectivity index is 0. The van der Waals surface area contributed by atoms with Crippen LogP contribution in [-0.2, 0) is 4.79 Å². The second kappa shape index (κ2) is 8.56. The van der Waals surface area contributed by atoms with Crippen molar-refractivity contribution < 1.29 is 9.90 Å². The molecule has 0 saturated heterocycles. The zero-order valence-corrected chi connectivity index (χ0v) is 8.30. The molecule has 1 N–H and O–H groups in total. The van der Waals surface area contributed by atoms with E-state index in [0.717, 1.165) is 13.0 Å². The van der Waals surface area contributed by atoms with Gasteiger partial charge in [0.15, 0.2) is 0 Å². The van der Waals surface area contributed by atoms with Crippen LogP contribution in [0.1, 0.15) is 13.3 Å². The molecule has 0 atom stereocenters. The summed E-state index contributed by atoms with van der Waals surface area (Å²) in [5.74, 6) is -0.880. The van der Waals surface area contributed by atoms with Crippen LogP contribution in [0.4, 0.5) is 0 Å². The highest BCUT2D eigenvalue weighted by Crippen LogP contribution is 1.86. The summed E-state index contributed by atoms with van der Waals surface area (Å²) < 4.78 is 0. The van der Waals surface area contributed by atoms with Gasteiger partial charge in [0.25, 0.3) is 0 Å². The van der Waals surface area contributed by atoms with Crippen LogP contribution in [0.25, 0.3) is 0 Å². The van der Waals surface area contributed by atoms with Crippen molar-refractivity contribution >= 4 is 18.4 Å². The summed E-state index contributed by atoms with van der Waals surface area (Å²) in [7, 11) is 1.97. The van der Waals surface area contributed by atoms with Gasteiger partial charge in [0, 0.05) is 12.6 Å². The number of hydrogen-bond donors (Lipinski definition) is 1. The van der Waals surface area contributed by atoms with Crippen LogP contribution in [0.2, 0.25) is 0 Å². The first-order valence-electron chi connectivity index (χ1n) is 3.74. The first-order chi connectivity index (χ1) is 5.16. The lowest BCUT2D eigenvalue weighted by Crippen LogP contribution is -2.18. The predicted octanol–water partition coefficient (Wildman–Crippen LogP) is 1.39. The lowest BCUT2D eigenvalue weighted by molar-refractivity contribution is -0.131. The molecule has 0 bridgehead atoms. The maximum atomic E-state index is 10.0. The molecule has 3 nitrogen and oxygen atoms in total. The molecule has 0 aromatic rings. The Morgan fingerprint density at radius 1 is 1.58 bits per heavy atom. The molecule has 0 saturated carbocycles. The quantitative estimate of drug-likeness (QED) is 0.671. The molecular formula is C8H16ClNO2. The van der Waals surface area contributed by atoms with E-state index in [-0.39, 0.29) is 12.4 Å². The van der Waals surface area contributed by atoms with E-state index < -0.39 is 5.97 Å². The first kappa shape index (κ1) is 14.0. The normalized spacial score (nSPS) is 10.2. The average Bonchev–Trinajstić information content (AvgIpc) is 1.87. The van der Waals surface area contributed by atoms with E-state index in [1.165, 1.54) is 6.08 Å². The van der Waals surface area contributed by atoms with Gasteiger partial charge in [-0.05, 0) is 20.0 Å². The van der Waals surface area contributed by atoms with Crippen LogP contribution in [0.15, 0.2) is 12.2 Å². The smallest absolute Gasteiger partial charge is 0.328 e. The molecule has 12 heavy (non-hydrogen) atoms. The molecule has 0 heterocycles. The summed E-state index contributed by atoms with van der Waals surface area (Å²) in [4.78, 5) is 12.1. The Kier molecular flexibility index (Phi) is 9.99. The van der Waals surface area contributed by atoms with E-state index in [1.807, 2.05) is 7.05 Å². The third-order valence-corrected chi connectivity index (χ3v) is 1.28. The van der Waals surface area contributed by atoms with Crippen molar-refractivity contribution in [2.75, 3.05) is 20.1 Å². The Morgan fingerprint density at radius 3 is 2.58 bits per heavy atom. The Hall–Kier alpha value is -0.540. The minimum absolute atomic E-state index is 0. The molecule has 0 aromatic carbocycles. The molecular weight excluding hydrogens is 178 g/mol. The number of carbonyl (C=O) groups is 1. The Labute approximate surface area is 79.5 Å². The van der Waals surface area contributed by atoms with Crippen LogP contribution in [0.5, 0.6) is 0 Å². The maximum absolute atomic E-state index is 10.0. The standard InChI is InChI=1S/C8H15NO2.ClH/c1-3-6-9(2)7-4-5-8(10)11;/h4-5H,3,6-7H2,1-2H3,(H,10,11);1H. The van der Waals surface area contributed by atoms with Crippen molar-refractivity contribution in [2.24, 2.45) is 0 Å². The van der Waals surface area contributed by atoms with Gasteiger partial charge in [0.1, 0.15) is 0 Å². The minimum atomic E-state index is -0.880. The second-order valence-electron chi connectivity index (χ2n) is 2.50.